The van der Waals surface area contributed by atoms with Gasteiger partial charge in [0.25, 0.3) is 5.91 Å². The van der Waals surface area contributed by atoms with E-state index < -0.39 is 0 Å². The molecule has 5 nitrogen and oxygen atoms in total. The Morgan fingerprint density at radius 2 is 2.27 bits per heavy atom. The largest absolute Gasteiger partial charge is 0.334 e. The van der Waals surface area contributed by atoms with Gasteiger partial charge in [0.05, 0.1) is 0 Å². The number of carbonyl (C=O) groups is 1. The monoisotopic (exact) mass is 222 g/mol. The molecule has 1 amide bonds. The third-order valence-corrected chi connectivity index (χ3v) is 2.59. The number of nitrogens with one attached hydrogen (secondary N) is 1. The summed E-state index contributed by atoms with van der Waals surface area (Å²) in [5.41, 5.74) is 0.455. The standard InChI is InChI=1S/C9H10N4OS/c1-12-4-3-10-7(12)5-6-8(14)13(2)9(15)11-6/h3-5H,1-2H3,(H,11,15)/b6-5-. The van der Waals surface area contributed by atoms with Crippen LogP contribution < -0.4 is 5.32 Å². The van der Waals surface area contributed by atoms with E-state index in [9.17, 15) is 4.79 Å². The number of amides is 1. The number of likely N-dealkylation sites (N-methyl/N-ethyl adjacent to an activating group) is 1. The highest BCUT2D eigenvalue weighted by atomic mass is 32.1. The predicted octanol–water partition coefficient (Wildman–Crippen LogP) is 0.107. The van der Waals surface area contributed by atoms with Crippen LogP contribution in [0.3, 0.4) is 0 Å². The second-order valence-corrected chi connectivity index (χ2v) is 3.64. The van der Waals surface area contributed by atoms with Crippen molar-refractivity contribution in [3.8, 4) is 0 Å². The molecule has 1 N–H and O–H groups in total. The topological polar surface area (TPSA) is 50.2 Å². The average molecular weight is 222 g/mol. The second-order valence-electron chi connectivity index (χ2n) is 3.25. The van der Waals surface area contributed by atoms with Crippen LogP contribution in [-0.4, -0.2) is 32.5 Å². The second kappa shape index (κ2) is 3.47. The lowest BCUT2D eigenvalue weighted by Crippen LogP contribution is -2.25. The maximum Gasteiger partial charge on any atom is 0.276 e. The minimum Gasteiger partial charge on any atom is -0.334 e. The van der Waals surface area contributed by atoms with Crippen LogP contribution in [0.5, 0.6) is 0 Å². The van der Waals surface area contributed by atoms with Gasteiger partial charge < -0.3 is 9.88 Å². The van der Waals surface area contributed by atoms with Gasteiger partial charge in [-0.15, -0.1) is 0 Å². The highest BCUT2D eigenvalue weighted by Gasteiger charge is 2.27. The van der Waals surface area contributed by atoms with Crippen LogP contribution in [0, 0.1) is 0 Å². The van der Waals surface area contributed by atoms with E-state index in [1.54, 1.807) is 19.3 Å². The number of aryl methyl sites for hydroxylation is 1. The summed E-state index contributed by atoms with van der Waals surface area (Å²) in [5, 5.41) is 3.25. The number of hydrogen-bond acceptors (Lipinski definition) is 3. The van der Waals surface area contributed by atoms with Crippen LogP contribution in [0.25, 0.3) is 6.08 Å². The van der Waals surface area contributed by atoms with Gasteiger partial charge in [0.15, 0.2) is 5.11 Å². The molecule has 1 aliphatic heterocycles. The molecule has 0 saturated carbocycles. The van der Waals surface area contributed by atoms with Crippen LogP contribution in [0.15, 0.2) is 18.1 Å². The maximum atomic E-state index is 11.6. The van der Waals surface area contributed by atoms with E-state index >= 15 is 0 Å². The molecule has 0 radical (unpaired) electrons. The Morgan fingerprint density at radius 1 is 1.53 bits per heavy atom. The highest BCUT2D eigenvalue weighted by Crippen LogP contribution is 2.10. The van der Waals surface area contributed by atoms with Gasteiger partial charge in [-0.05, 0) is 12.2 Å². The van der Waals surface area contributed by atoms with E-state index in [2.05, 4.69) is 10.3 Å². The van der Waals surface area contributed by atoms with Gasteiger partial charge in [-0.3, -0.25) is 9.69 Å². The summed E-state index contributed by atoms with van der Waals surface area (Å²) in [6.45, 7) is 0. The number of thiocarbonyl (C=S) groups is 1. The Bertz CT molecular complexity index is 462. The van der Waals surface area contributed by atoms with E-state index in [-0.39, 0.29) is 5.91 Å². The Kier molecular flexibility index (Phi) is 2.28. The van der Waals surface area contributed by atoms with Gasteiger partial charge in [0, 0.05) is 32.6 Å². The summed E-state index contributed by atoms with van der Waals surface area (Å²) in [6, 6.07) is 0. The van der Waals surface area contributed by atoms with E-state index in [1.807, 2.05) is 17.8 Å². The quantitative estimate of drug-likeness (QED) is 0.541. The summed E-state index contributed by atoms with van der Waals surface area (Å²) >= 11 is 4.95. The lowest BCUT2D eigenvalue weighted by Gasteiger charge is -2.02. The first-order chi connectivity index (χ1) is 7.09. The zero-order chi connectivity index (χ0) is 11.0. The van der Waals surface area contributed by atoms with Crippen molar-refractivity contribution in [1.29, 1.82) is 0 Å². The van der Waals surface area contributed by atoms with Crippen molar-refractivity contribution in [2.24, 2.45) is 7.05 Å². The first-order valence-electron chi connectivity index (χ1n) is 4.37. The van der Waals surface area contributed by atoms with Crippen LogP contribution in [0.1, 0.15) is 5.82 Å². The molecule has 2 heterocycles. The van der Waals surface area contributed by atoms with Crippen molar-refractivity contribution in [2.75, 3.05) is 7.05 Å². The minimum absolute atomic E-state index is 0.136. The van der Waals surface area contributed by atoms with Gasteiger partial charge in [0.1, 0.15) is 11.5 Å². The van der Waals surface area contributed by atoms with Gasteiger partial charge in [-0.1, -0.05) is 0 Å². The molecule has 1 aromatic heterocycles. The highest BCUT2D eigenvalue weighted by molar-refractivity contribution is 7.80. The molecule has 0 aromatic carbocycles. The van der Waals surface area contributed by atoms with Gasteiger partial charge in [0.2, 0.25) is 0 Å². The summed E-state index contributed by atoms with van der Waals surface area (Å²) in [6.07, 6.45) is 5.17. The summed E-state index contributed by atoms with van der Waals surface area (Å²) in [5.74, 6) is 0.576. The lowest BCUT2D eigenvalue weighted by atomic mass is 10.3. The van der Waals surface area contributed by atoms with Gasteiger partial charge in [-0.25, -0.2) is 4.98 Å². The van der Waals surface area contributed by atoms with Crippen molar-refractivity contribution in [3.05, 3.63) is 23.9 Å². The third-order valence-electron chi connectivity index (χ3n) is 2.21. The van der Waals surface area contributed by atoms with Crippen molar-refractivity contribution < 1.29 is 4.79 Å². The minimum atomic E-state index is -0.136. The number of aromatic nitrogens is 2. The van der Waals surface area contributed by atoms with Crippen molar-refractivity contribution in [2.45, 2.75) is 0 Å². The molecule has 0 spiro atoms. The molecule has 15 heavy (non-hydrogen) atoms. The molecule has 0 aliphatic carbocycles. The first kappa shape index (κ1) is 9.85. The molecule has 0 unspecified atom stereocenters. The smallest absolute Gasteiger partial charge is 0.276 e. The van der Waals surface area contributed by atoms with E-state index in [1.165, 1.54) is 4.90 Å². The summed E-state index contributed by atoms with van der Waals surface area (Å²) < 4.78 is 1.82. The summed E-state index contributed by atoms with van der Waals surface area (Å²) in [7, 11) is 3.50. The zero-order valence-electron chi connectivity index (χ0n) is 8.39. The fourth-order valence-electron chi connectivity index (χ4n) is 1.27. The average Bonchev–Trinajstić information content (AvgIpc) is 2.69. The Balaban J connectivity index is 2.34. The van der Waals surface area contributed by atoms with Gasteiger partial charge >= 0.3 is 0 Å². The van der Waals surface area contributed by atoms with E-state index in [4.69, 9.17) is 12.2 Å². The Labute approximate surface area is 92.4 Å². The van der Waals surface area contributed by atoms with Crippen LogP contribution in [-0.2, 0) is 11.8 Å². The lowest BCUT2D eigenvalue weighted by molar-refractivity contribution is -0.121. The number of hydrogen-bond donors (Lipinski definition) is 1. The molecule has 78 valence electrons. The van der Waals surface area contributed by atoms with Crippen molar-refractivity contribution in [1.82, 2.24) is 19.8 Å². The molecule has 1 fully saturated rings. The normalized spacial score (nSPS) is 18.8. The molecule has 2 rings (SSSR count). The number of nitrogens with zero attached hydrogens (tertiary/aromatic N) is 3. The Hall–Kier alpha value is -1.69. The number of carbonyl (C=O) groups excluding carboxylic acids is 1. The Morgan fingerprint density at radius 3 is 2.73 bits per heavy atom. The fourth-order valence-corrected chi connectivity index (χ4v) is 1.46. The number of imidazole rings is 1. The molecule has 6 heteroatoms. The van der Waals surface area contributed by atoms with Crippen LogP contribution in [0.2, 0.25) is 0 Å². The first-order valence-corrected chi connectivity index (χ1v) is 4.78. The molecule has 1 aromatic rings. The van der Waals surface area contributed by atoms with Crippen LogP contribution >= 0.6 is 12.2 Å². The molecular weight excluding hydrogens is 212 g/mol. The number of rotatable bonds is 1. The maximum absolute atomic E-state index is 11.6. The SMILES string of the molecule is CN1C(=O)/C(=C/c2nccn2C)NC1=S. The molecule has 1 aliphatic rings. The molecular formula is C9H10N4OS. The predicted molar refractivity (Wildman–Crippen MR) is 59.7 cm³/mol. The third kappa shape index (κ3) is 1.63. The molecule has 1 saturated heterocycles. The zero-order valence-corrected chi connectivity index (χ0v) is 9.21. The molecule has 0 bridgehead atoms. The van der Waals surface area contributed by atoms with Crippen molar-refractivity contribution in [3.63, 3.8) is 0 Å². The summed E-state index contributed by atoms with van der Waals surface area (Å²) in [4.78, 5) is 17.1. The van der Waals surface area contributed by atoms with E-state index in [0.717, 1.165) is 0 Å². The van der Waals surface area contributed by atoms with Crippen molar-refractivity contribution >= 4 is 29.3 Å². The van der Waals surface area contributed by atoms with E-state index in [0.29, 0.717) is 16.6 Å². The fraction of sp³-hybridized carbons (Fsp3) is 0.222. The molecule has 0 atom stereocenters. The van der Waals surface area contributed by atoms with Crippen LogP contribution in [0.4, 0.5) is 0 Å². The van der Waals surface area contributed by atoms with Gasteiger partial charge in [-0.2, -0.15) is 0 Å².